The average molecular weight is 335 g/mol. The van der Waals surface area contributed by atoms with Crippen LogP contribution >= 0.6 is 0 Å². The summed E-state index contributed by atoms with van der Waals surface area (Å²) in [5.74, 6) is -0.324. The first kappa shape index (κ1) is 17.7. The largest absolute Gasteiger partial charge is 0.443 e. The summed E-state index contributed by atoms with van der Waals surface area (Å²) in [6.45, 7) is 11.4. The van der Waals surface area contributed by atoms with Crippen molar-refractivity contribution in [2.75, 3.05) is 0 Å². The first-order valence-corrected chi connectivity index (χ1v) is 11.2. The molecule has 0 unspecified atom stereocenters. The van der Waals surface area contributed by atoms with Crippen LogP contribution in [0.25, 0.3) is 0 Å². The van der Waals surface area contributed by atoms with Gasteiger partial charge in [-0.05, 0) is 46.0 Å². The Bertz CT molecular complexity index is 589. The Kier molecular flexibility index (Phi) is 4.68. The molecule has 1 aromatic carbocycles. The zero-order chi connectivity index (χ0) is 17.4. The maximum absolute atomic E-state index is 12.5. The lowest BCUT2D eigenvalue weighted by Crippen LogP contribution is -2.64. The van der Waals surface area contributed by atoms with Gasteiger partial charge in [-0.25, -0.2) is 9.69 Å². The lowest BCUT2D eigenvalue weighted by Gasteiger charge is -2.47. The van der Waals surface area contributed by atoms with Crippen LogP contribution in [0.2, 0.25) is 19.6 Å². The third kappa shape index (κ3) is 4.20. The Morgan fingerprint density at radius 1 is 1.13 bits per heavy atom. The lowest BCUT2D eigenvalue weighted by atomic mass is 9.91. The number of benzene rings is 1. The molecule has 126 valence electrons. The van der Waals surface area contributed by atoms with Gasteiger partial charge in [0, 0.05) is 0 Å². The Hall–Kier alpha value is -1.66. The second-order valence-electron chi connectivity index (χ2n) is 7.69. The topological polar surface area (TPSA) is 55.8 Å². The maximum atomic E-state index is 12.5. The molecular weight excluding hydrogens is 310 g/mol. The molecular formula is C17H25NO4Si. The van der Waals surface area contributed by atoms with Crippen LogP contribution in [-0.2, 0) is 14.0 Å². The van der Waals surface area contributed by atoms with Crippen LogP contribution in [-0.4, -0.2) is 36.9 Å². The van der Waals surface area contributed by atoms with E-state index >= 15 is 0 Å². The number of rotatable bonds is 3. The van der Waals surface area contributed by atoms with E-state index in [1.165, 1.54) is 4.90 Å². The van der Waals surface area contributed by atoms with Crippen molar-refractivity contribution in [2.45, 2.75) is 58.2 Å². The average Bonchev–Trinajstić information content (AvgIpc) is 2.39. The molecule has 23 heavy (non-hydrogen) atoms. The SMILES string of the molecule is CC(C)(C)OC(=O)N1C(=O)[C@@H](O[Si](C)(C)C)[C@H]1c1ccccc1. The van der Waals surface area contributed by atoms with Gasteiger partial charge in [0.1, 0.15) is 11.6 Å². The Labute approximate surface area is 138 Å². The zero-order valence-corrected chi connectivity index (χ0v) is 15.6. The van der Waals surface area contributed by atoms with Gasteiger partial charge >= 0.3 is 6.09 Å². The summed E-state index contributed by atoms with van der Waals surface area (Å²) in [5.41, 5.74) is 0.227. The van der Waals surface area contributed by atoms with Gasteiger partial charge < -0.3 is 9.16 Å². The summed E-state index contributed by atoms with van der Waals surface area (Å²) in [5, 5.41) is 0. The number of carbonyl (C=O) groups excluding carboxylic acids is 2. The number of hydrogen-bond acceptors (Lipinski definition) is 4. The monoisotopic (exact) mass is 335 g/mol. The number of likely N-dealkylation sites (tertiary alicyclic amines) is 1. The van der Waals surface area contributed by atoms with Gasteiger partial charge in [0.15, 0.2) is 14.4 Å². The molecule has 0 aliphatic carbocycles. The van der Waals surface area contributed by atoms with Crippen LogP contribution in [0.3, 0.4) is 0 Å². The van der Waals surface area contributed by atoms with E-state index in [-0.39, 0.29) is 5.91 Å². The van der Waals surface area contributed by atoms with Crippen molar-refractivity contribution in [3.63, 3.8) is 0 Å². The molecule has 1 aliphatic heterocycles. The molecule has 0 radical (unpaired) electrons. The third-order valence-corrected chi connectivity index (χ3v) is 4.22. The molecule has 0 N–H and O–H groups in total. The molecule has 1 fully saturated rings. The normalized spacial score (nSPS) is 21.8. The quantitative estimate of drug-likeness (QED) is 0.624. The minimum atomic E-state index is -1.92. The fraction of sp³-hybridized carbons (Fsp3) is 0.529. The first-order chi connectivity index (χ1) is 10.5. The Morgan fingerprint density at radius 3 is 2.17 bits per heavy atom. The van der Waals surface area contributed by atoms with E-state index in [0.717, 1.165) is 5.56 Å². The van der Waals surface area contributed by atoms with Crippen molar-refractivity contribution < 1.29 is 18.8 Å². The molecule has 5 nitrogen and oxygen atoms in total. The maximum Gasteiger partial charge on any atom is 0.417 e. The van der Waals surface area contributed by atoms with E-state index < -0.39 is 32.2 Å². The van der Waals surface area contributed by atoms with Crippen molar-refractivity contribution in [2.24, 2.45) is 0 Å². The number of β-lactam (4-membered cyclic amide) rings is 1. The van der Waals surface area contributed by atoms with Crippen molar-refractivity contribution >= 4 is 20.3 Å². The number of ether oxygens (including phenoxy) is 1. The van der Waals surface area contributed by atoms with Gasteiger partial charge in [-0.15, -0.1) is 0 Å². The molecule has 6 heteroatoms. The highest BCUT2D eigenvalue weighted by molar-refractivity contribution is 6.70. The fourth-order valence-electron chi connectivity index (χ4n) is 2.45. The molecule has 2 rings (SSSR count). The zero-order valence-electron chi connectivity index (χ0n) is 14.6. The van der Waals surface area contributed by atoms with Crippen LogP contribution < -0.4 is 0 Å². The molecule has 0 bridgehead atoms. The number of amides is 2. The smallest absolute Gasteiger partial charge is 0.417 e. The van der Waals surface area contributed by atoms with Gasteiger partial charge in [-0.2, -0.15) is 0 Å². The summed E-state index contributed by atoms with van der Waals surface area (Å²) >= 11 is 0. The molecule has 0 saturated carbocycles. The molecule has 1 heterocycles. The lowest BCUT2D eigenvalue weighted by molar-refractivity contribution is -0.162. The Morgan fingerprint density at radius 2 is 1.70 bits per heavy atom. The van der Waals surface area contributed by atoms with Crippen molar-refractivity contribution in [1.29, 1.82) is 0 Å². The number of carbonyl (C=O) groups is 2. The predicted molar refractivity (Wildman–Crippen MR) is 90.5 cm³/mol. The van der Waals surface area contributed by atoms with Crippen molar-refractivity contribution in [1.82, 2.24) is 4.90 Å². The van der Waals surface area contributed by atoms with Gasteiger partial charge in [-0.1, -0.05) is 30.3 Å². The predicted octanol–water partition coefficient (Wildman–Crippen LogP) is 3.73. The molecule has 2 atom stereocenters. The number of imide groups is 1. The first-order valence-electron chi connectivity index (χ1n) is 7.78. The molecule has 1 aliphatic rings. The van der Waals surface area contributed by atoms with Crippen LogP contribution in [0.5, 0.6) is 0 Å². The van der Waals surface area contributed by atoms with E-state index in [1.54, 1.807) is 20.8 Å². The highest BCUT2D eigenvalue weighted by Crippen LogP contribution is 2.39. The minimum Gasteiger partial charge on any atom is -0.443 e. The highest BCUT2D eigenvalue weighted by atomic mass is 28.4. The third-order valence-electron chi connectivity index (χ3n) is 3.26. The van der Waals surface area contributed by atoms with E-state index in [0.29, 0.717) is 0 Å². The number of nitrogens with zero attached hydrogens (tertiary/aromatic N) is 1. The Balaban J connectivity index is 2.28. The van der Waals surface area contributed by atoms with Crippen LogP contribution in [0.15, 0.2) is 30.3 Å². The highest BCUT2D eigenvalue weighted by Gasteiger charge is 2.54. The standard InChI is InChI=1S/C17H25NO4Si/c1-17(2,3)21-16(20)18-13(12-10-8-7-9-11-12)14(15(18)19)22-23(4,5)6/h7-11,13-14H,1-6H3/t13-,14+/m1/s1. The van der Waals surface area contributed by atoms with Crippen molar-refractivity contribution in [3.05, 3.63) is 35.9 Å². The second-order valence-corrected chi connectivity index (χ2v) is 12.2. The summed E-state index contributed by atoms with van der Waals surface area (Å²) in [6.07, 6.45) is -1.23. The summed E-state index contributed by atoms with van der Waals surface area (Å²) in [4.78, 5) is 26.0. The number of hydrogen-bond donors (Lipinski definition) is 0. The van der Waals surface area contributed by atoms with Crippen LogP contribution in [0.4, 0.5) is 4.79 Å². The molecule has 1 saturated heterocycles. The molecule has 1 aromatic rings. The van der Waals surface area contributed by atoms with Crippen LogP contribution in [0, 0.1) is 0 Å². The summed E-state index contributed by atoms with van der Waals surface area (Å²) in [6, 6.07) is 9.04. The molecule has 0 aromatic heterocycles. The van der Waals surface area contributed by atoms with E-state index in [1.807, 2.05) is 50.0 Å². The van der Waals surface area contributed by atoms with Crippen LogP contribution in [0.1, 0.15) is 32.4 Å². The molecule has 2 amide bonds. The van der Waals surface area contributed by atoms with Gasteiger partial charge in [0.2, 0.25) is 0 Å². The summed E-state index contributed by atoms with van der Waals surface area (Å²) in [7, 11) is -1.92. The van der Waals surface area contributed by atoms with E-state index in [2.05, 4.69) is 0 Å². The van der Waals surface area contributed by atoms with E-state index in [4.69, 9.17) is 9.16 Å². The van der Waals surface area contributed by atoms with Crippen molar-refractivity contribution in [3.8, 4) is 0 Å². The molecule has 0 spiro atoms. The minimum absolute atomic E-state index is 0.324. The summed E-state index contributed by atoms with van der Waals surface area (Å²) < 4.78 is 11.4. The fourth-order valence-corrected chi connectivity index (χ4v) is 3.44. The van der Waals surface area contributed by atoms with Gasteiger partial charge in [0.05, 0.1) is 0 Å². The second kappa shape index (κ2) is 6.09. The van der Waals surface area contributed by atoms with E-state index in [9.17, 15) is 9.59 Å². The van der Waals surface area contributed by atoms with Gasteiger partial charge in [0.25, 0.3) is 5.91 Å². The van der Waals surface area contributed by atoms with Gasteiger partial charge in [-0.3, -0.25) is 4.79 Å².